The van der Waals surface area contributed by atoms with E-state index in [9.17, 15) is 4.79 Å². The van der Waals surface area contributed by atoms with Crippen LogP contribution in [0.2, 0.25) is 10.0 Å². The van der Waals surface area contributed by atoms with Gasteiger partial charge in [-0.1, -0.05) is 41.4 Å². The van der Waals surface area contributed by atoms with Gasteiger partial charge in [0.2, 0.25) is 5.91 Å². The standard InChI is InChI=1S/C20H20Cl2N2O/c1-15-2-6-18(22)14-19(15)23-10-12-24(13-11-23)20(25)9-5-16-3-7-17(21)8-4-16/h2-9,14H,10-13H2,1H3/b9-5+. The number of anilines is 1. The number of nitrogens with zero attached hydrogens (tertiary/aromatic N) is 2. The third-order valence-corrected chi connectivity index (χ3v) is 4.88. The highest BCUT2D eigenvalue weighted by molar-refractivity contribution is 6.31. The van der Waals surface area contributed by atoms with Crippen molar-refractivity contribution in [2.75, 3.05) is 31.1 Å². The topological polar surface area (TPSA) is 23.6 Å². The molecule has 2 aromatic rings. The fourth-order valence-corrected chi connectivity index (χ4v) is 3.23. The number of hydrogen-bond acceptors (Lipinski definition) is 2. The third-order valence-electron chi connectivity index (χ3n) is 4.39. The van der Waals surface area contributed by atoms with Gasteiger partial charge >= 0.3 is 0 Å². The lowest BCUT2D eigenvalue weighted by molar-refractivity contribution is -0.126. The van der Waals surface area contributed by atoms with Crippen LogP contribution in [0.1, 0.15) is 11.1 Å². The first kappa shape index (κ1) is 17.8. The van der Waals surface area contributed by atoms with E-state index in [2.05, 4.69) is 11.8 Å². The molecule has 130 valence electrons. The van der Waals surface area contributed by atoms with Crippen molar-refractivity contribution in [2.24, 2.45) is 0 Å². The van der Waals surface area contributed by atoms with Crippen molar-refractivity contribution in [2.45, 2.75) is 6.92 Å². The van der Waals surface area contributed by atoms with Crippen molar-refractivity contribution in [3.63, 3.8) is 0 Å². The van der Waals surface area contributed by atoms with E-state index in [0.29, 0.717) is 18.1 Å². The van der Waals surface area contributed by atoms with Crippen LogP contribution >= 0.6 is 23.2 Å². The summed E-state index contributed by atoms with van der Waals surface area (Å²) in [4.78, 5) is 16.5. The molecule has 1 fully saturated rings. The second kappa shape index (κ2) is 7.94. The van der Waals surface area contributed by atoms with Gasteiger partial charge in [-0.15, -0.1) is 0 Å². The average Bonchev–Trinajstić information content (AvgIpc) is 2.63. The summed E-state index contributed by atoms with van der Waals surface area (Å²) in [5.74, 6) is 0.0393. The molecule has 0 N–H and O–H groups in total. The summed E-state index contributed by atoms with van der Waals surface area (Å²) in [7, 11) is 0. The highest BCUT2D eigenvalue weighted by Crippen LogP contribution is 2.25. The van der Waals surface area contributed by atoms with Crippen LogP contribution < -0.4 is 4.90 Å². The van der Waals surface area contributed by atoms with E-state index in [4.69, 9.17) is 23.2 Å². The first-order chi connectivity index (χ1) is 12.0. The van der Waals surface area contributed by atoms with Crippen molar-refractivity contribution in [3.8, 4) is 0 Å². The molecule has 0 unspecified atom stereocenters. The lowest BCUT2D eigenvalue weighted by atomic mass is 10.1. The number of hydrogen-bond donors (Lipinski definition) is 0. The zero-order valence-electron chi connectivity index (χ0n) is 14.1. The third kappa shape index (κ3) is 4.56. The zero-order chi connectivity index (χ0) is 17.8. The molecule has 2 aromatic carbocycles. The normalized spacial score (nSPS) is 15.0. The Kier molecular flexibility index (Phi) is 5.67. The molecule has 1 aliphatic heterocycles. The van der Waals surface area contributed by atoms with Crippen molar-refractivity contribution in [1.82, 2.24) is 4.90 Å². The quantitative estimate of drug-likeness (QED) is 0.729. The monoisotopic (exact) mass is 374 g/mol. The number of carbonyl (C=O) groups excluding carboxylic acids is 1. The SMILES string of the molecule is Cc1ccc(Cl)cc1N1CCN(C(=O)/C=C/c2ccc(Cl)cc2)CC1. The van der Waals surface area contributed by atoms with Gasteiger partial charge in [-0.2, -0.15) is 0 Å². The van der Waals surface area contributed by atoms with E-state index in [-0.39, 0.29) is 5.91 Å². The molecule has 25 heavy (non-hydrogen) atoms. The molecule has 1 heterocycles. The molecule has 0 spiro atoms. The molecule has 5 heteroatoms. The number of aryl methyl sites for hydroxylation is 1. The minimum Gasteiger partial charge on any atom is -0.368 e. The van der Waals surface area contributed by atoms with E-state index in [1.807, 2.05) is 53.4 Å². The highest BCUT2D eigenvalue weighted by Gasteiger charge is 2.20. The van der Waals surface area contributed by atoms with Crippen molar-refractivity contribution < 1.29 is 4.79 Å². The largest absolute Gasteiger partial charge is 0.368 e. The molecule has 0 saturated carbocycles. The number of piperazine rings is 1. The molecule has 0 aliphatic carbocycles. The van der Waals surface area contributed by atoms with Gasteiger partial charge in [0, 0.05) is 48.0 Å². The molecule has 1 amide bonds. The lowest BCUT2D eigenvalue weighted by Crippen LogP contribution is -2.48. The molecule has 3 nitrogen and oxygen atoms in total. The number of halogens is 2. The van der Waals surface area contributed by atoms with Crippen LogP contribution in [0.5, 0.6) is 0 Å². The number of benzene rings is 2. The molecule has 1 saturated heterocycles. The predicted molar refractivity (Wildman–Crippen MR) is 105 cm³/mol. The van der Waals surface area contributed by atoms with Crippen LogP contribution in [-0.4, -0.2) is 37.0 Å². The maximum atomic E-state index is 12.4. The Bertz CT molecular complexity index is 779. The molecule has 3 rings (SSSR count). The predicted octanol–water partition coefficient (Wildman–Crippen LogP) is 4.66. The Morgan fingerprint density at radius 3 is 2.28 bits per heavy atom. The van der Waals surface area contributed by atoms with Crippen LogP contribution in [0.15, 0.2) is 48.5 Å². The molecule has 0 radical (unpaired) electrons. The van der Waals surface area contributed by atoms with E-state index in [0.717, 1.165) is 29.4 Å². The average molecular weight is 375 g/mol. The van der Waals surface area contributed by atoms with E-state index >= 15 is 0 Å². The summed E-state index contributed by atoms with van der Waals surface area (Å²) in [5, 5.41) is 1.43. The fourth-order valence-electron chi connectivity index (χ4n) is 2.94. The minimum atomic E-state index is 0.0393. The smallest absolute Gasteiger partial charge is 0.246 e. The van der Waals surface area contributed by atoms with Gasteiger partial charge in [0.25, 0.3) is 0 Å². The second-order valence-electron chi connectivity index (χ2n) is 6.13. The maximum Gasteiger partial charge on any atom is 0.246 e. The molecule has 0 bridgehead atoms. The number of amides is 1. The number of rotatable bonds is 3. The molecular formula is C20H20Cl2N2O. The van der Waals surface area contributed by atoms with Crippen LogP contribution in [0.3, 0.4) is 0 Å². The summed E-state index contributed by atoms with van der Waals surface area (Å²) in [6, 6.07) is 13.4. The van der Waals surface area contributed by atoms with Gasteiger partial charge < -0.3 is 9.80 Å². The van der Waals surface area contributed by atoms with E-state index < -0.39 is 0 Å². The maximum absolute atomic E-state index is 12.4. The lowest BCUT2D eigenvalue weighted by Gasteiger charge is -2.36. The Morgan fingerprint density at radius 1 is 0.960 bits per heavy atom. The van der Waals surface area contributed by atoms with Crippen LogP contribution in [-0.2, 0) is 4.79 Å². The first-order valence-electron chi connectivity index (χ1n) is 8.26. The molecule has 0 aromatic heterocycles. The summed E-state index contributed by atoms with van der Waals surface area (Å²) >= 11 is 12.0. The number of carbonyl (C=O) groups is 1. The molecular weight excluding hydrogens is 355 g/mol. The summed E-state index contributed by atoms with van der Waals surface area (Å²) in [5.41, 5.74) is 3.31. The van der Waals surface area contributed by atoms with Crippen molar-refractivity contribution in [3.05, 3.63) is 69.7 Å². The van der Waals surface area contributed by atoms with Crippen LogP contribution in [0, 0.1) is 6.92 Å². The zero-order valence-corrected chi connectivity index (χ0v) is 15.6. The summed E-state index contributed by atoms with van der Waals surface area (Å²) in [6.07, 6.45) is 3.45. The van der Waals surface area contributed by atoms with Gasteiger partial charge in [0.15, 0.2) is 0 Å². The summed E-state index contributed by atoms with van der Waals surface area (Å²) < 4.78 is 0. The van der Waals surface area contributed by atoms with Crippen LogP contribution in [0.25, 0.3) is 6.08 Å². The van der Waals surface area contributed by atoms with Gasteiger partial charge in [-0.05, 0) is 48.4 Å². The molecule has 0 atom stereocenters. The highest BCUT2D eigenvalue weighted by atomic mass is 35.5. The van der Waals surface area contributed by atoms with Crippen molar-refractivity contribution in [1.29, 1.82) is 0 Å². The second-order valence-corrected chi connectivity index (χ2v) is 7.00. The van der Waals surface area contributed by atoms with Crippen LogP contribution in [0.4, 0.5) is 5.69 Å². The fraction of sp³-hybridized carbons (Fsp3) is 0.250. The van der Waals surface area contributed by atoms with E-state index in [1.165, 1.54) is 5.56 Å². The Hall–Kier alpha value is -1.97. The van der Waals surface area contributed by atoms with E-state index in [1.54, 1.807) is 6.08 Å². The first-order valence-corrected chi connectivity index (χ1v) is 9.02. The van der Waals surface area contributed by atoms with Crippen molar-refractivity contribution >= 4 is 40.9 Å². The Balaban J connectivity index is 1.59. The van der Waals surface area contributed by atoms with Gasteiger partial charge in [0.1, 0.15) is 0 Å². The molecule has 1 aliphatic rings. The van der Waals surface area contributed by atoms with Gasteiger partial charge in [0.05, 0.1) is 0 Å². The summed E-state index contributed by atoms with van der Waals surface area (Å²) in [6.45, 7) is 5.10. The van der Waals surface area contributed by atoms with Gasteiger partial charge in [-0.25, -0.2) is 0 Å². The Morgan fingerprint density at radius 2 is 1.60 bits per heavy atom. The Labute approximate surface area is 158 Å². The minimum absolute atomic E-state index is 0.0393. The van der Waals surface area contributed by atoms with Gasteiger partial charge in [-0.3, -0.25) is 4.79 Å².